The number of nitrogens with zero attached hydrogens (tertiary/aromatic N) is 1. The van der Waals surface area contributed by atoms with Crippen LogP contribution in [0.3, 0.4) is 0 Å². The zero-order chi connectivity index (χ0) is 23.0. The van der Waals surface area contributed by atoms with Crippen LogP contribution in [0.2, 0.25) is 0 Å². The number of halogens is 3. The second kappa shape index (κ2) is 7.88. The summed E-state index contributed by atoms with van der Waals surface area (Å²) in [5.41, 5.74) is -0.931. The normalized spacial score (nSPS) is 18.2. The van der Waals surface area contributed by atoms with Crippen molar-refractivity contribution in [2.45, 2.75) is 12.2 Å². The van der Waals surface area contributed by atoms with Crippen molar-refractivity contribution < 1.29 is 33.0 Å². The summed E-state index contributed by atoms with van der Waals surface area (Å²) < 4.78 is 39.8. The van der Waals surface area contributed by atoms with Crippen molar-refractivity contribution >= 4 is 23.1 Å². The number of rotatable bonds is 3. The van der Waals surface area contributed by atoms with Crippen LogP contribution in [0, 0.1) is 0 Å². The van der Waals surface area contributed by atoms with E-state index in [-0.39, 0.29) is 28.1 Å². The Morgan fingerprint density at radius 2 is 1.56 bits per heavy atom. The third-order valence-electron chi connectivity index (χ3n) is 5.13. The molecule has 0 saturated carbocycles. The van der Waals surface area contributed by atoms with Gasteiger partial charge in [-0.05, 0) is 35.9 Å². The van der Waals surface area contributed by atoms with Gasteiger partial charge in [-0.15, -0.1) is 0 Å². The Bertz CT molecular complexity index is 1240. The predicted molar refractivity (Wildman–Crippen MR) is 111 cm³/mol. The number of hydrogen-bond acceptors (Lipinski definition) is 4. The van der Waals surface area contributed by atoms with E-state index in [1.54, 1.807) is 18.2 Å². The van der Waals surface area contributed by atoms with E-state index in [1.165, 1.54) is 42.5 Å². The lowest BCUT2D eigenvalue weighted by Crippen LogP contribution is -2.29. The monoisotopic (exact) mass is 439 g/mol. The van der Waals surface area contributed by atoms with Crippen molar-refractivity contribution in [2.75, 3.05) is 4.90 Å². The minimum absolute atomic E-state index is 0.164. The third-order valence-corrected chi connectivity index (χ3v) is 5.13. The van der Waals surface area contributed by atoms with Gasteiger partial charge in [0.15, 0.2) is 0 Å². The lowest BCUT2D eigenvalue weighted by Gasteiger charge is -2.26. The summed E-state index contributed by atoms with van der Waals surface area (Å²) in [6, 6.07) is 16.4. The third kappa shape index (κ3) is 3.71. The van der Waals surface area contributed by atoms with Crippen molar-refractivity contribution in [3.05, 3.63) is 101 Å². The lowest BCUT2D eigenvalue weighted by atomic mass is 9.95. The molecule has 1 atom stereocenters. The highest BCUT2D eigenvalue weighted by Crippen LogP contribution is 2.43. The molecule has 4 rings (SSSR count). The maximum atomic E-state index is 13.3. The molecule has 3 aromatic carbocycles. The molecule has 8 heteroatoms. The fourth-order valence-electron chi connectivity index (χ4n) is 3.69. The smallest absolute Gasteiger partial charge is 0.416 e. The predicted octanol–water partition coefficient (Wildman–Crippen LogP) is 5.04. The van der Waals surface area contributed by atoms with E-state index in [1.807, 2.05) is 0 Å². The molecule has 1 unspecified atom stereocenters. The molecule has 5 nitrogen and oxygen atoms in total. The van der Waals surface area contributed by atoms with E-state index in [0.717, 1.165) is 23.1 Å². The molecule has 0 spiro atoms. The Morgan fingerprint density at radius 3 is 2.22 bits per heavy atom. The summed E-state index contributed by atoms with van der Waals surface area (Å²) in [7, 11) is 0. The number of alkyl halides is 3. The molecule has 162 valence electrons. The first kappa shape index (κ1) is 21.2. The molecule has 0 radical (unpaired) electrons. The minimum atomic E-state index is -4.66. The average Bonchev–Trinajstić information content (AvgIpc) is 3.04. The van der Waals surface area contributed by atoms with Gasteiger partial charge in [-0.25, -0.2) is 0 Å². The van der Waals surface area contributed by atoms with Gasteiger partial charge in [0.2, 0.25) is 0 Å². The first-order valence-corrected chi connectivity index (χ1v) is 9.51. The van der Waals surface area contributed by atoms with Gasteiger partial charge < -0.3 is 10.2 Å². The van der Waals surface area contributed by atoms with E-state index in [2.05, 4.69) is 0 Å². The second-order valence-electron chi connectivity index (χ2n) is 7.18. The van der Waals surface area contributed by atoms with Gasteiger partial charge in [0.1, 0.15) is 11.5 Å². The molecule has 1 aliphatic rings. The Balaban J connectivity index is 1.96. The van der Waals surface area contributed by atoms with Crippen LogP contribution in [0.1, 0.15) is 22.7 Å². The second-order valence-corrected chi connectivity index (χ2v) is 7.18. The molecule has 2 N–H and O–H groups in total. The number of phenols is 1. The fraction of sp³-hybridized carbons (Fsp3) is 0.0833. The number of aliphatic hydroxyl groups excluding tert-OH is 1. The van der Waals surface area contributed by atoms with Crippen LogP contribution < -0.4 is 4.90 Å². The number of anilines is 1. The highest BCUT2D eigenvalue weighted by molar-refractivity contribution is 6.51. The molecule has 1 heterocycles. The first-order valence-electron chi connectivity index (χ1n) is 9.51. The lowest BCUT2D eigenvalue weighted by molar-refractivity contribution is -0.137. The topological polar surface area (TPSA) is 77.8 Å². The number of ketones is 1. The van der Waals surface area contributed by atoms with E-state index in [4.69, 9.17) is 0 Å². The number of Topliss-reactive ketones (excluding diaryl/α,β-unsaturated/α-hetero) is 1. The largest absolute Gasteiger partial charge is 0.508 e. The number of hydrogen-bond donors (Lipinski definition) is 2. The zero-order valence-electron chi connectivity index (χ0n) is 16.4. The Hall–Kier alpha value is -4.07. The van der Waals surface area contributed by atoms with Crippen molar-refractivity contribution in [2.24, 2.45) is 0 Å². The van der Waals surface area contributed by atoms with E-state index in [9.17, 15) is 33.0 Å². The van der Waals surface area contributed by atoms with Crippen molar-refractivity contribution in [1.82, 2.24) is 0 Å². The summed E-state index contributed by atoms with van der Waals surface area (Å²) in [6.45, 7) is 0. The number of benzene rings is 3. The van der Waals surface area contributed by atoms with Crippen LogP contribution in [0.5, 0.6) is 5.75 Å². The van der Waals surface area contributed by atoms with E-state index >= 15 is 0 Å². The zero-order valence-corrected chi connectivity index (χ0v) is 16.4. The van der Waals surface area contributed by atoms with Gasteiger partial charge in [-0.1, -0.05) is 48.5 Å². The molecular weight excluding hydrogens is 423 g/mol. The van der Waals surface area contributed by atoms with Gasteiger partial charge in [0.05, 0.1) is 17.2 Å². The number of aromatic hydroxyl groups is 1. The average molecular weight is 439 g/mol. The van der Waals surface area contributed by atoms with Crippen LogP contribution in [0.25, 0.3) is 5.76 Å². The number of aliphatic hydroxyl groups is 1. The molecule has 3 aromatic rings. The SMILES string of the molecule is O=C1C(=O)N(c2cccc(C(F)(F)F)c2)C(c2cccc(O)c2)/C1=C(\O)c1ccccc1. The van der Waals surface area contributed by atoms with Gasteiger partial charge in [-0.3, -0.25) is 14.5 Å². The minimum Gasteiger partial charge on any atom is -0.508 e. The fourth-order valence-corrected chi connectivity index (χ4v) is 3.69. The van der Waals surface area contributed by atoms with Gasteiger partial charge >= 0.3 is 6.18 Å². The summed E-state index contributed by atoms with van der Waals surface area (Å²) in [4.78, 5) is 26.8. The Labute approximate surface area is 180 Å². The maximum Gasteiger partial charge on any atom is 0.416 e. The molecular formula is C24H16F3NO4. The Morgan fingerprint density at radius 1 is 0.875 bits per heavy atom. The molecule has 1 fully saturated rings. The molecule has 0 aliphatic carbocycles. The quantitative estimate of drug-likeness (QED) is 0.341. The van der Waals surface area contributed by atoms with E-state index in [0.29, 0.717) is 0 Å². The standard InChI is InChI=1S/C24H16F3NO4/c25-24(26,27)16-9-5-10-17(13-16)28-20(15-8-4-11-18(29)12-15)19(22(31)23(28)32)21(30)14-6-2-1-3-7-14/h1-13,20,29-30H/b21-19+. The molecule has 1 amide bonds. The van der Waals surface area contributed by atoms with Gasteiger partial charge in [0, 0.05) is 11.3 Å². The van der Waals surface area contributed by atoms with Crippen LogP contribution in [0.15, 0.2) is 84.4 Å². The van der Waals surface area contributed by atoms with Crippen LogP contribution in [-0.2, 0) is 15.8 Å². The summed E-state index contributed by atoms with van der Waals surface area (Å²) in [6.07, 6.45) is -4.66. The number of carbonyl (C=O) groups is 2. The summed E-state index contributed by atoms with van der Waals surface area (Å²) >= 11 is 0. The Kier molecular flexibility index (Phi) is 5.22. The van der Waals surface area contributed by atoms with Crippen LogP contribution in [0.4, 0.5) is 18.9 Å². The first-order chi connectivity index (χ1) is 15.2. The highest BCUT2D eigenvalue weighted by Gasteiger charge is 2.47. The molecule has 1 aliphatic heterocycles. The maximum absolute atomic E-state index is 13.3. The number of amides is 1. The molecule has 0 aromatic heterocycles. The van der Waals surface area contributed by atoms with Crippen LogP contribution in [-0.4, -0.2) is 21.9 Å². The number of carbonyl (C=O) groups excluding carboxylic acids is 2. The highest BCUT2D eigenvalue weighted by atomic mass is 19.4. The van der Waals surface area contributed by atoms with Gasteiger partial charge in [0.25, 0.3) is 11.7 Å². The van der Waals surface area contributed by atoms with Crippen molar-refractivity contribution in [3.63, 3.8) is 0 Å². The van der Waals surface area contributed by atoms with Crippen LogP contribution >= 0.6 is 0 Å². The van der Waals surface area contributed by atoms with Crippen molar-refractivity contribution in [1.29, 1.82) is 0 Å². The molecule has 1 saturated heterocycles. The van der Waals surface area contributed by atoms with E-state index < -0.39 is 35.2 Å². The van der Waals surface area contributed by atoms with Gasteiger partial charge in [-0.2, -0.15) is 13.2 Å². The summed E-state index contributed by atoms with van der Waals surface area (Å²) in [5.74, 6) is -2.77. The number of phenolic OH excluding ortho intramolecular Hbond substituents is 1. The molecule has 0 bridgehead atoms. The van der Waals surface area contributed by atoms with Crippen molar-refractivity contribution in [3.8, 4) is 5.75 Å². The summed E-state index contributed by atoms with van der Waals surface area (Å²) in [5, 5.41) is 20.8. The molecule has 32 heavy (non-hydrogen) atoms.